The van der Waals surface area contributed by atoms with Gasteiger partial charge in [-0.05, 0) is 86.7 Å². The lowest BCUT2D eigenvalue weighted by Crippen LogP contribution is -2.30. The van der Waals surface area contributed by atoms with Crippen molar-refractivity contribution in [2.75, 3.05) is 17.2 Å². The first kappa shape index (κ1) is 30.2. The number of rotatable bonds is 11. The minimum atomic E-state index is -0.469. The number of para-hydroxylation sites is 1. The summed E-state index contributed by atoms with van der Waals surface area (Å²) in [6.07, 6.45) is 3.45. The molecule has 1 atom stereocenters. The Hall–Kier alpha value is -5.28. The van der Waals surface area contributed by atoms with Crippen molar-refractivity contribution >= 4 is 57.8 Å². The second-order valence-electron chi connectivity index (χ2n) is 9.85. The maximum atomic E-state index is 13.5. The molecule has 0 saturated heterocycles. The molecule has 44 heavy (non-hydrogen) atoms. The first-order chi connectivity index (χ1) is 21.4. The molecule has 5 aromatic rings. The lowest BCUT2D eigenvalue weighted by Gasteiger charge is -2.14. The monoisotopic (exact) mass is 604 g/mol. The number of ether oxygens (including phenoxy) is 1. The van der Waals surface area contributed by atoms with E-state index in [2.05, 4.69) is 20.9 Å². The Kier molecular flexibility index (Phi) is 9.78. The number of fused-ring (bicyclic) bond motifs is 1. The summed E-state index contributed by atoms with van der Waals surface area (Å²) in [5.41, 5.74) is 3.46. The molecule has 1 aromatic heterocycles. The minimum Gasteiger partial charge on any atom is -0.494 e. The van der Waals surface area contributed by atoms with Crippen LogP contribution in [-0.2, 0) is 9.59 Å². The van der Waals surface area contributed by atoms with Gasteiger partial charge in [-0.2, -0.15) is 0 Å². The molecule has 0 aliphatic rings. The quantitative estimate of drug-likeness (QED) is 0.0950. The molecule has 0 aliphatic heterocycles. The smallest absolute Gasteiger partial charge is 0.272 e. The van der Waals surface area contributed by atoms with Crippen LogP contribution in [0.1, 0.15) is 29.8 Å². The normalized spacial score (nSPS) is 11.9. The number of hydrogen-bond donors (Lipinski definition) is 4. The second-order valence-corrected chi connectivity index (χ2v) is 11.3. The molecular weight excluding hydrogens is 572 g/mol. The molecule has 0 saturated carbocycles. The molecule has 5 rings (SSSR count). The average Bonchev–Trinajstić information content (AvgIpc) is 3.45. The zero-order valence-electron chi connectivity index (χ0n) is 24.3. The first-order valence-electron chi connectivity index (χ1n) is 14.2. The largest absolute Gasteiger partial charge is 0.494 e. The van der Waals surface area contributed by atoms with Crippen molar-refractivity contribution in [3.8, 4) is 5.75 Å². The van der Waals surface area contributed by atoms with Crippen LogP contribution in [-0.4, -0.2) is 34.6 Å². The van der Waals surface area contributed by atoms with Gasteiger partial charge in [0.25, 0.3) is 11.8 Å². The highest BCUT2D eigenvalue weighted by Gasteiger charge is 2.17. The van der Waals surface area contributed by atoms with Crippen molar-refractivity contribution in [1.82, 2.24) is 10.3 Å². The van der Waals surface area contributed by atoms with E-state index >= 15 is 0 Å². The van der Waals surface area contributed by atoms with Crippen LogP contribution in [0.5, 0.6) is 5.75 Å². The summed E-state index contributed by atoms with van der Waals surface area (Å²) in [5.74, 6) is -0.240. The van der Waals surface area contributed by atoms with E-state index in [0.717, 1.165) is 27.1 Å². The van der Waals surface area contributed by atoms with E-state index in [9.17, 15) is 14.4 Å². The maximum absolute atomic E-state index is 13.5. The van der Waals surface area contributed by atoms with Crippen LogP contribution < -0.4 is 20.7 Å². The Balaban J connectivity index is 1.25. The standard InChI is InChI=1S/C35H32N4O4S/c1-3-43-28-17-13-26(14-18-28)37-33(40)23(2)44-29-19-15-27(16-20-29)38-35(42)32(39-34(41)24-9-5-4-6-10-24)21-25-22-36-31-12-8-7-11-30(25)31/h4-23,36H,3H2,1-2H3,(H,37,40)(H,38,42)(H,39,41)/b32-21-/t23-/m1/s1. The van der Waals surface area contributed by atoms with Gasteiger partial charge in [0.05, 0.1) is 11.9 Å². The summed E-state index contributed by atoms with van der Waals surface area (Å²) in [5, 5.41) is 9.14. The third-order valence-corrected chi connectivity index (χ3v) is 7.79. The van der Waals surface area contributed by atoms with Crippen LogP contribution in [0, 0.1) is 0 Å². The fraction of sp³-hybridized carbons (Fsp3) is 0.114. The summed E-state index contributed by atoms with van der Waals surface area (Å²) in [7, 11) is 0. The molecule has 9 heteroatoms. The third kappa shape index (κ3) is 7.76. The Morgan fingerprint density at radius 2 is 1.50 bits per heavy atom. The lowest BCUT2D eigenvalue weighted by atomic mass is 10.1. The minimum absolute atomic E-state index is 0.0987. The van der Waals surface area contributed by atoms with Crippen LogP contribution >= 0.6 is 11.8 Å². The molecule has 0 unspecified atom stereocenters. The summed E-state index contributed by atoms with van der Waals surface area (Å²) in [4.78, 5) is 43.2. The SMILES string of the molecule is CCOc1ccc(NC(=O)[C@@H](C)Sc2ccc(NC(=O)/C(=C/c3c[nH]c4ccccc34)NC(=O)c3ccccc3)cc2)cc1. The van der Waals surface area contributed by atoms with Crippen molar-refractivity contribution in [1.29, 1.82) is 0 Å². The zero-order valence-corrected chi connectivity index (χ0v) is 25.1. The third-order valence-electron chi connectivity index (χ3n) is 6.68. The van der Waals surface area contributed by atoms with Crippen molar-refractivity contribution < 1.29 is 19.1 Å². The molecular formula is C35H32N4O4S. The Bertz CT molecular complexity index is 1780. The van der Waals surface area contributed by atoms with Gasteiger partial charge in [-0.15, -0.1) is 11.8 Å². The molecule has 1 heterocycles. The summed E-state index contributed by atoms with van der Waals surface area (Å²) >= 11 is 1.40. The molecule has 0 radical (unpaired) electrons. The van der Waals surface area contributed by atoms with E-state index in [0.29, 0.717) is 23.5 Å². The van der Waals surface area contributed by atoms with Crippen LogP contribution in [0.4, 0.5) is 11.4 Å². The summed E-state index contributed by atoms with van der Waals surface area (Å²) in [6, 6.07) is 30.9. The number of benzene rings is 4. The van der Waals surface area contributed by atoms with Gasteiger partial charge in [0.2, 0.25) is 5.91 Å². The van der Waals surface area contributed by atoms with Crippen molar-refractivity contribution in [3.05, 3.63) is 126 Å². The highest BCUT2D eigenvalue weighted by atomic mass is 32.2. The number of nitrogens with one attached hydrogen (secondary N) is 4. The zero-order chi connectivity index (χ0) is 30.9. The summed E-state index contributed by atoms with van der Waals surface area (Å²) in [6.45, 7) is 4.33. The van der Waals surface area contributed by atoms with Gasteiger partial charge in [-0.3, -0.25) is 14.4 Å². The number of thioether (sulfide) groups is 1. The molecule has 3 amide bonds. The number of amides is 3. The van der Waals surface area contributed by atoms with Gasteiger partial charge < -0.3 is 25.7 Å². The second kappa shape index (κ2) is 14.3. The molecule has 0 fully saturated rings. The topological polar surface area (TPSA) is 112 Å². The van der Waals surface area contributed by atoms with Crippen LogP contribution in [0.25, 0.3) is 17.0 Å². The molecule has 222 valence electrons. The molecule has 0 aliphatic carbocycles. The van der Waals surface area contributed by atoms with Crippen molar-refractivity contribution in [3.63, 3.8) is 0 Å². The average molecular weight is 605 g/mol. The van der Waals surface area contributed by atoms with Crippen LogP contribution in [0.2, 0.25) is 0 Å². The molecule has 4 aromatic carbocycles. The fourth-order valence-corrected chi connectivity index (χ4v) is 5.30. The number of aromatic amines is 1. The van der Waals surface area contributed by atoms with E-state index in [1.165, 1.54) is 11.8 Å². The molecule has 0 bridgehead atoms. The number of carbonyl (C=O) groups excluding carboxylic acids is 3. The highest BCUT2D eigenvalue weighted by Crippen LogP contribution is 2.27. The first-order valence-corrected chi connectivity index (χ1v) is 15.0. The number of H-pyrrole nitrogens is 1. The van der Waals surface area contributed by atoms with Gasteiger partial charge in [0.15, 0.2) is 0 Å². The molecule has 0 spiro atoms. The Morgan fingerprint density at radius 1 is 0.841 bits per heavy atom. The predicted octanol–water partition coefficient (Wildman–Crippen LogP) is 7.10. The Morgan fingerprint density at radius 3 is 2.23 bits per heavy atom. The van der Waals surface area contributed by atoms with E-state index in [1.54, 1.807) is 60.8 Å². The highest BCUT2D eigenvalue weighted by molar-refractivity contribution is 8.00. The molecule has 4 N–H and O–H groups in total. The van der Waals surface area contributed by atoms with Crippen LogP contribution in [0.15, 0.2) is 120 Å². The number of anilines is 2. The fourth-order valence-electron chi connectivity index (χ4n) is 4.43. The van der Waals surface area contributed by atoms with Crippen LogP contribution in [0.3, 0.4) is 0 Å². The van der Waals surface area contributed by atoms with Gasteiger partial charge in [0.1, 0.15) is 11.4 Å². The number of aromatic nitrogens is 1. The van der Waals surface area contributed by atoms with E-state index in [1.807, 2.05) is 68.4 Å². The van der Waals surface area contributed by atoms with E-state index < -0.39 is 11.8 Å². The van der Waals surface area contributed by atoms with Gasteiger partial charge in [-0.25, -0.2) is 0 Å². The lowest BCUT2D eigenvalue weighted by molar-refractivity contribution is -0.115. The predicted molar refractivity (Wildman–Crippen MR) is 177 cm³/mol. The van der Waals surface area contributed by atoms with Gasteiger partial charge in [-0.1, -0.05) is 36.4 Å². The van der Waals surface area contributed by atoms with E-state index in [4.69, 9.17) is 4.74 Å². The maximum Gasteiger partial charge on any atom is 0.272 e. The van der Waals surface area contributed by atoms with Gasteiger partial charge in [0, 0.05) is 44.5 Å². The van der Waals surface area contributed by atoms with Crippen molar-refractivity contribution in [2.45, 2.75) is 24.0 Å². The number of hydrogen-bond acceptors (Lipinski definition) is 5. The summed E-state index contributed by atoms with van der Waals surface area (Å²) < 4.78 is 5.45. The molecule has 8 nitrogen and oxygen atoms in total. The van der Waals surface area contributed by atoms with E-state index in [-0.39, 0.29) is 16.9 Å². The van der Waals surface area contributed by atoms with Crippen molar-refractivity contribution in [2.24, 2.45) is 0 Å². The Labute approximate surface area is 259 Å². The van der Waals surface area contributed by atoms with Gasteiger partial charge >= 0.3 is 0 Å². The number of carbonyl (C=O) groups is 3.